The fourth-order valence-corrected chi connectivity index (χ4v) is 5.73. The highest BCUT2D eigenvalue weighted by molar-refractivity contribution is 5.75. The second-order valence-electron chi connectivity index (χ2n) is 9.30. The maximum Gasteiger partial charge on any atom is 0.450 e. The van der Waals surface area contributed by atoms with Crippen LogP contribution in [-0.4, -0.2) is 42.5 Å². The molecule has 5 rings (SSSR count). The van der Waals surface area contributed by atoms with E-state index in [0.29, 0.717) is 23.6 Å². The first-order valence-electron chi connectivity index (χ1n) is 11.8. The SMILES string of the molecule is CNC[C@H]1CC[C@@]2(C=C(c3cc(-n4ccnc4C(F)(F)F)ccc3OC)CO2)[C@@H]1c1ccc(F)cc1. The van der Waals surface area contributed by atoms with Crippen molar-refractivity contribution in [3.8, 4) is 11.4 Å². The highest BCUT2D eigenvalue weighted by Gasteiger charge is 2.51. The smallest absolute Gasteiger partial charge is 0.450 e. The molecule has 190 valence electrons. The van der Waals surface area contributed by atoms with E-state index in [9.17, 15) is 17.6 Å². The summed E-state index contributed by atoms with van der Waals surface area (Å²) in [5.74, 6) is -0.456. The molecule has 0 bridgehead atoms. The van der Waals surface area contributed by atoms with Gasteiger partial charge in [-0.1, -0.05) is 12.1 Å². The number of alkyl halides is 3. The van der Waals surface area contributed by atoms with Crippen molar-refractivity contribution in [1.82, 2.24) is 14.9 Å². The third-order valence-corrected chi connectivity index (χ3v) is 7.22. The van der Waals surface area contributed by atoms with E-state index in [4.69, 9.17) is 9.47 Å². The van der Waals surface area contributed by atoms with Gasteiger partial charge in [-0.2, -0.15) is 13.2 Å². The van der Waals surface area contributed by atoms with Crippen molar-refractivity contribution >= 4 is 5.57 Å². The van der Waals surface area contributed by atoms with Gasteiger partial charge < -0.3 is 14.8 Å². The lowest BCUT2D eigenvalue weighted by Crippen LogP contribution is -2.34. The average Bonchev–Trinajstić information content (AvgIpc) is 3.59. The molecular weight excluding hydrogens is 474 g/mol. The number of methoxy groups -OCH3 is 1. The fraction of sp³-hybridized carbons (Fsp3) is 0.370. The van der Waals surface area contributed by atoms with Crippen LogP contribution in [0, 0.1) is 11.7 Å². The largest absolute Gasteiger partial charge is 0.496 e. The van der Waals surface area contributed by atoms with Gasteiger partial charge in [-0.15, -0.1) is 0 Å². The number of aromatic nitrogens is 2. The zero-order chi connectivity index (χ0) is 25.5. The van der Waals surface area contributed by atoms with Gasteiger partial charge in [0.2, 0.25) is 5.82 Å². The van der Waals surface area contributed by atoms with Crippen molar-refractivity contribution < 1.29 is 27.0 Å². The number of rotatable bonds is 6. The van der Waals surface area contributed by atoms with E-state index >= 15 is 0 Å². The molecule has 1 aliphatic carbocycles. The van der Waals surface area contributed by atoms with Crippen LogP contribution in [0.25, 0.3) is 11.3 Å². The summed E-state index contributed by atoms with van der Waals surface area (Å²) >= 11 is 0. The van der Waals surface area contributed by atoms with Crippen molar-refractivity contribution in [2.45, 2.75) is 30.5 Å². The van der Waals surface area contributed by atoms with Gasteiger partial charge in [0.1, 0.15) is 11.6 Å². The van der Waals surface area contributed by atoms with Gasteiger partial charge in [0.15, 0.2) is 0 Å². The van der Waals surface area contributed by atoms with Crippen LogP contribution in [0.2, 0.25) is 0 Å². The minimum Gasteiger partial charge on any atom is -0.496 e. The first-order valence-corrected chi connectivity index (χ1v) is 11.8. The molecule has 2 aliphatic rings. The highest BCUT2D eigenvalue weighted by atomic mass is 19.4. The number of ether oxygens (including phenoxy) is 2. The molecule has 1 saturated carbocycles. The Morgan fingerprint density at radius 2 is 1.97 bits per heavy atom. The predicted octanol–water partition coefficient (Wildman–Crippen LogP) is 5.60. The minimum atomic E-state index is -4.59. The molecule has 0 unspecified atom stereocenters. The number of halogens is 4. The molecule has 1 spiro atoms. The summed E-state index contributed by atoms with van der Waals surface area (Å²) in [7, 11) is 3.44. The van der Waals surface area contributed by atoms with Crippen LogP contribution >= 0.6 is 0 Å². The number of benzene rings is 2. The average molecular weight is 502 g/mol. The molecule has 1 N–H and O–H groups in total. The summed E-state index contributed by atoms with van der Waals surface area (Å²) in [6, 6.07) is 11.5. The van der Waals surface area contributed by atoms with Gasteiger partial charge in [0.05, 0.1) is 19.3 Å². The Bertz CT molecular complexity index is 1270. The van der Waals surface area contributed by atoms with Crippen LogP contribution in [0.3, 0.4) is 0 Å². The Morgan fingerprint density at radius 3 is 2.67 bits per heavy atom. The summed E-state index contributed by atoms with van der Waals surface area (Å²) in [6.45, 7) is 1.08. The van der Waals surface area contributed by atoms with Crippen molar-refractivity contribution in [3.63, 3.8) is 0 Å². The van der Waals surface area contributed by atoms with E-state index in [1.165, 1.54) is 25.4 Å². The Labute approximate surface area is 206 Å². The molecule has 5 nitrogen and oxygen atoms in total. The molecule has 9 heteroatoms. The summed E-state index contributed by atoms with van der Waals surface area (Å²) in [4.78, 5) is 3.50. The Hall–Kier alpha value is -3.17. The third-order valence-electron chi connectivity index (χ3n) is 7.22. The maximum absolute atomic E-state index is 13.7. The van der Waals surface area contributed by atoms with E-state index in [-0.39, 0.29) is 17.7 Å². The molecule has 3 aromatic rings. The van der Waals surface area contributed by atoms with E-state index in [1.807, 2.05) is 19.2 Å². The van der Waals surface area contributed by atoms with Crippen LogP contribution in [0.1, 0.15) is 35.7 Å². The summed E-state index contributed by atoms with van der Waals surface area (Å²) < 4.78 is 67.2. The maximum atomic E-state index is 13.7. The van der Waals surface area contributed by atoms with Gasteiger partial charge in [-0.3, -0.25) is 4.57 Å². The Morgan fingerprint density at radius 1 is 1.19 bits per heavy atom. The number of nitrogens with one attached hydrogen (secondary N) is 1. The van der Waals surface area contributed by atoms with E-state index in [1.54, 1.807) is 18.2 Å². The lowest BCUT2D eigenvalue weighted by atomic mass is 9.79. The van der Waals surface area contributed by atoms with Gasteiger partial charge in [0, 0.05) is 29.6 Å². The van der Waals surface area contributed by atoms with Crippen LogP contribution in [-0.2, 0) is 10.9 Å². The number of nitrogens with zero attached hydrogens (tertiary/aromatic N) is 2. The lowest BCUT2D eigenvalue weighted by molar-refractivity contribution is -0.145. The molecule has 3 atom stereocenters. The predicted molar refractivity (Wildman–Crippen MR) is 128 cm³/mol. The Kier molecular flexibility index (Phi) is 6.38. The first-order chi connectivity index (χ1) is 17.3. The molecule has 2 heterocycles. The van der Waals surface area contributed by atoms with E-state index in [2.05, 4.69) is 16.4 Å². The van der Waals surface area contributed by atoms with Crippen LogP contribution < -0.4 is 10.1 Å². The summed E-state index contributed by atoms with van der Waals surface area (Å²) in [5.41, 5.74) is 2.25. The van der Waals surface area contributed by atoms with Gasteiger partial charge >= 0.3 is 6.18 Å². The molecule has 36 heavy (non-hydrogen) atoms. The highest BCUT2D eigenvalue weighted by Crippen LogP contribution is 2.54. The first kappa shape index (κ1) is 24.5. The second kappa shape index (κ2) is 9.37. The molecule has 0 saturated heterocycles. The standard InChI is InChI=1S/C27H27F4N3O2/c1-32-15-18-9-10-26(24(18)17-3-5-20(28)6-4-17)14-19(16-36-26)22-13-21(7-8-23(22)35-2)34-12-11-33-25(34)27(29,30)31/h3-8,11-14,18,24,32H,9-10,15-16H2,1-2H3/t18-,24-,26-/m1/s1. The molecule has 1 aromatic heterocycles. The van der Waals surface area contributed by atoms with Crippen LogP contribution in [0.15, 0.2) is 60.9 Å². The molecule has 1 aliphatic heterocycles. The zero-order valence-corrected chi connectivity index (χ0v) is 20.0. The van der Waals surface area contributed by atoms with Gasteiger partial charge in [-0.25, -0.2) is 9.37 Å². The molecule has 2 aromatic carbocycles. The van der Waals surface area contributed by atoms with Crippen LogP contribution in [0.4, 0.5) is 17.6 Å². The Balaban J connectivity index is 1.57. The van der Waals surface area contributed by atoms with Crippen molar-refractivity contribution in [3.05, 3.63) is 83.7 Å². The minimum absolute atomic E-state index is 0.00251. The molecule has 1 fully saturated rings. The number of hydrogen-bond donors (Lipinski definition) is 1. The van der Waals surface area contributed by atoms with Crippen LogP contribution in [0.5, 0.6) is 5.75 Å². The van der Waals surface area contributed by atoms with Gasteiger partial charge in [0.25, 0.3) is 0 Å². The summed E-state index contributed by atoms with van der Waals surface area (Å²) in [6.07, 6.45) is 1.64. The number of imidazole rings is 1. The molecule has 0 radical (unpaired) electrons. The fourth-order valence-electron chi connectivity index (χ4n) is 5.73. The summed E-state index contributed by atoms with van der Waals surface area (Å²) in [5, 5.41) is 3.26. The van der Waals surface area contributed by atoms with E-state index < -0.39 is 17.6 Å². The monoisotopic (exact) mass is 501 g/mol. The quantitative estimate of drug-likeness (QED) is 0.447. The van der Waals surface area contributed by atoms with Crippen molar-refractivity contribution in [2.24, 2.45) is 5.92 Å². The third kappa shape index (κ3) is 4.30. The van der Waals surface area contributed by atoms with Crippen molar-refractivity contribution in [2.75, 3.05) is 27.3 Å². The topological polar surface area (TPSA) is 48.3 Å². The van der Waals surface area contributed by atoms with Crippen molar-refractivity contribution in [1.29, 1.82) is 0 Å². The molecule has 0 amide bonds. The molecular formula is C27H27F4N3O2. The lowest BCUT2D eigenvalue weighted by Gasteiger charge is -2.32. The zero-order valence-electron chi connectivity index (χ0n) is 20.0. The number of hydrogen-bond acceptors (Lipinski definition) is 4. The normalized spacial score (nSPS) is 23.9. The van der Waals surface area contributed by atoms with E-state index in [0.717, 1.165) is 41.3 Å². The second-order valence-corrected chi connectivity index (χ2v) is 9.30. The van der Waals surface area contributed by atoms with Gasteiger partial charge in [-0.05, 0) is 79.9 Å².